The fourth-order valence-electron chi connectivity index (χ4n) is 3.34. The lowest BCUT2D eigenvalue weighted by molar-refractivity contribution is -0.122. The van der Waals surface area contributed by atoms with Gasteiger partial charge in [-0.25, -0.2) is 0 Å². The lowest BCUT2D eigenvalue weighted by Crippen LogP contribution is -2.39. The van der Waals surface area contributed by atoms with E-state index in [1.54, 1.807) is 0 Å². The van der Waals surface area contributed by atoms with Crippen molar-refractivity contribution < 1.29 is 4.79 Å². The third kappa shape index (κ3) is 3.44. The molecule has 0 bridgehead atoms. The number of hydrogen-bond acceptors (Lipinski definition) is 3. The molecule has 2 atom stereocenters. The van der Waals surface area contributed by atoms with Crippen LogP contribution in [-0.4, -0.2) is 18.5 Å². The maximum atomic E-state index is 12.6. The SMILES string of the molecule is Cl.Cl.Nc1cccc2c1CCCN2C(=O)C1CCC(N)C1. The third-order valence-electron chi connectivity index (χ3n) is 4.38. The van der Waals surface area contributed by atoms with Crippen LogP contribution in [0.4, 0.5) is 11.4 Å². The summed E-state index contributed by atoms with van der Waals surface area (Å²) in [5.41, 5.74) is 14.9. The van der Waals surface area contributed by atoms with Gasteiger partial charge in [-0.2, -0.15) is 0 Å². The minimum atomic E-state index is 0. The molecule has 1 aromatic rings. The standard InChI is InChI=1S/C15H21N3O.2ClH/c16-11-7-6-10(9-11)15(19)18-8-2-3-12-13(17)4-1-5-14(12)18;;/h1,4-5,10-11H,2-3,6-9,16-17H2;2*1H. The fourth-order valence-corrected chi connectivity index (χ4v) is 3.34. The van der Waals surface area contributed by atoms with Gasteiger partial charge in [0.25, 0.3) is 0 Å². The fraction of sp³-hybridized carbons (Fsp3) is 0.533. The molecule has 2 unspecified atom stereocenters. The van der Waals surface area contributed by atoms with Gasteiger partial charge in [0, 0.05) is 29.9 Å². The highest BCUT2D eigenvalue weighted by Gasteiger charge is 2.33. The molecule has 4 nitrogen and oxygen atoms in total. The molecule has 0 aromatic heterocycles. The van der Waals surface area contributed by atoms with Gasteiger partial charge < -0.3 is 16.4 Å². The van der Waals surface area contributed by atoms with Crippen LogP contribution >= 0.6 is 24.8 Å². The number of nitrogen functional groups attached to an aromatic ring is 1. The van der Waals surface area contributed by atoms with Gasteiger partial charge in [-0.1, -0.05) is 6.07 Å². The van der Waals surface area contributed by atoms with E-state index >= 15 is 0 Å². The van der Waals surface area contributed by atoms with Crippen molar-refractivity contribution in [3.05, 3.63) is 23.8 Å². The summed E-state index contributed by atoms with van der Waals surface area (Å²) in [7, 11) is 0. The number of hydrogen-bond donors (Lipinski definition) is 2. The predicted octanol–water partition coefficient (Wildman–Crippen LogP) is 2.52. The molecule has 1 heterocycles. The molecule has 1 aromatic carbocycles. The summed E-state index contributed by atoms with van der Waals surface area (Å²) in [5.74, 6) is 0.335. The molecule has 4 N–H and O–H groups in total. The topological polar surface area (TPSA) is 72.3 Å². The molecule has 1 amide bonds. The quantitative estimate of drug-likeness (QED) is 0.776. The smallest absolute Gasteiger partial charge is 0.230 e. The molecule has 1 aliphatic heterocycles. The zero-order valence-corrected chi connectivity index (χ0v) is 13.6. The highest BCUT2D eigenvalue weighted by Crippen LogP contribution is 2.34. The van der Waals surface area contributed by atoms with Gasteiger partial charge in [0.15, 0.2) is 0 Å². The molecule has 6 heteroatoms. The van der Waals surface area contributed by atoms with Gasteiger partial charge in [-0.05, 0) is 49.8 Å². The van der Waals surface area contributed by atoms with E-state index in [9.17, 15) is 4.79 Å². The summed E-state index contributed by atoms with van der Waals surface area (Å²) in [6.45, 7) is 0.807. The molecule has 0 saturated heterocycles. The first-order valence-corrected chi connectivity index (χ1v) is 7.11. The molecule has 1 saturated carbocycles. The van der Waals surface area contributed by atoms with E-state index in [-0.39, 0.29) is 42.7 Å². The summed E-state index contributed by atoms with van der Waals surface area (Å²) in [4.78, 5) is 14.6. The molecule has 0 spiro atoms. The molecular weight excluding hydrogens is 309 g/mol. The van der Waals surface area contributed by atoms with E-state index < -0.39 is 0 Å². The molecule has 3 rings (SSSR count). The van der Waals surface area contributed by atoms with Crippen molar-refractivity contribution in [1.82, 2.24) is 0 Å². The van der Waals surface area contributed by atoms with Crippen LogP contribution in [0, 0.1) is 5.92 Å². The van der Waals surface area contributed by atoms with Gasteiger partial charge >= 0.3 is 0 Å². The normalized spacial score (nSPS) is 23.8. The Morgan fingerprint density at radius 3 is 2.67 bits per heavy atom. The van der Waals surface area contributed by atoms with E-state index in [0.717, 1.165) is 55.6 Å². The van der Waals surface area contributed by atoms with E-state index in [1.165, 1.54) is 0 Å². The number of nitrogens with two attached hydrogens (primary N) is 2. The molecule has 118 valence electrons. The van der Waals surface area contributed by atoms with Crippen molar-refractivity contribution in [2.75, 3.05) is 17.2 Å². The van der Waals surface area contributed by atoms with E-state index in [0.29, 0.717) is 0 Å². The second-order valence-electron chi connectivity index (χ2n) is 5.71. The van der Waals surface area contributed by atoms with Gasteiger partial charge in [0.1, 0.15) is 0 Å². The van der Waals surface area contributed by atoms with E-state index in [2.05, 4.69) is 0 Å². The Balaban J connectivity index is 0.00000110. The van der Waals surface area contributed by atoms with E-state index in [4.69, 9.17) is 11.5 Å². The summed E-state index contributed by atoms with van der Waals surface area (Å²) in [6, 6.07) is 6.05. The summed E-state index contributed by atoms with van der Waals surface area (Å²) >= 11 is 0. The Labute approximate surface area is 138 Å². The molecule has 21 heavy (non-hydrogen) atoms. The first-order chi connectivity index (χ1) is 9.16. The van der Waals surface area contributed by atoms with Crippen LogP contribution in [0.2, 0.25) is 0 Å². The first-order valence-electron chi connectivity index (χ1n) is 7.11. The summed E-state index contributed by atoms with van der Waals surface area (Å²) < 4.78 is 0. The Hall–Kier alpha value is -0.970. The second-order valence-corrected chi connectivity index (χ2v) is 5.71. The van der Waals surface area contributed by atoms with Gasteiger partial charge in [0.2, 0.25) is 5.91 Å². The maximum absolute atomic E-state index is 12.6. The molecule has 2 aliphatic rings. The largest absolute Gasteiger partial charge is 0.398 e. The van der Waals surface area contributed by atoms with Crippen molar-refractivity contribution in [3.8, 4) is 0 Å². The monoisotopic (exact) mass is 331 g/mol. The van der Waals surface area contributed by atoms with Crippen LogP contribution in [0.1, 0.15) is 31.2 Å². The second kappa shape index (κ2) is 7.34. The Bertz CT molecular complexity index is 510. The number of nitrogens with zero attached hydrogens (tertiary/aromatic N) is 1. The minimum Gasteiger partial charge on any atom is -0.398 e. The van der Waals surface area contributed by atoms with Gasteiger partial charge in [-0.3, -0.25) is 4.79 Å². The highest BCUT2D eigenvalue weighted by molar-refractivity contribution is 5.97. The average molecular weight is 332 g/mol. The predicted molar refractivity (Wildman–Crippen MR) is 91.3 cm³/mol. The zero-order valence-electron chi connectivity index (χ0n) is 12.0. The first kappa shape index (κ1) is 18.1. The maximum Gasteiger partial charge on any atom is 0.230 e. The Morgan fingerprint density at radius 2 is 2.00 bits per heavy atom. The van der Waals surface area contributed by atoms with Gasteiger partial charge in [-0.15, -0.1) is 24.8 Å². The van der Waals surface area contributed by atoms with E-state index in [1.807, 2.05) is 23.1 Å². The lowest BCUT2D eigenvalue weighted by Gasteiger charge is -2.32. The van der Waals surface area contributed by atoms with Crippen LogP contribution in [0.15, 0.2) is 18.2 Å². The van der Waals surface area contributed by atoms with Crippen molar-refractivity contribution >= 4 is 42.1 Å². The average Bonchev–Trinajstić information content (AvgIpc) is 2.85. The number of benzene rings is 1. The van der Waals surface area contributed by atoms with Crippen LogP contribution in [0.25, 0.3) is 0 Å². The summed E-state index contributed by atoms with van der Waals surface area (Å²) in [5, 5.41) is 0. The minimum absolute atomic E-state index is 0. The van der Waals surface area contributed by atoms with Crippen LogP contribution in [-0.2, 0) is 11.2 Å². The lowest BCUT2D eigenvalue weighted by atomic mass is 9.97. The molecule has 0 radical (unpaired) electrons. The van der Waals surface area contributed by atoms with Gasteiger partial charge in [0.05, 0.1) is 0 Å². The zero-order chi connectivity index (χ0) is 13.4. The third-order valence-corrected chi connectivity index (χ3v) is 4.38. The number of fused-ring (bicyclic) bond motifs is 1. The number of rotatable bonds is 1. The van der Waals surface area contributed by atoms with Crippen LogP contribution < -0.4 is 16.4 Å². The molecule has 1 aliphatic carbocycles. The molecular formula is C15H23Cl2N3O. The Morgan fingerprint density at radius 1 is 1.24 bits per heavy atom. The molecule has 1 fully saturated rings. The number of carbonyl (C=O) groups is 1. The number of halogens is 2. The van der Waals surface area contributed by atoms with Crippen molar-refractivity contribution in [2.24, 2.45) is 11.7 Å². The van der Waals surface area contributed by atoms with Crippen molar-refractivity contribution in [1.29, 1.82) is 0 Å². The van der Waals surface area contributed by atoms with Crippen LogP contribution in [0.3, 0.4) is 0 Å². The van der Waals surface area contributed by atoms with Crippen LogP contribution in [0.5, 0.6) is 0 Å². The highest BCUT2D eigenvalue weighted by atomic mass is 35.5. The number of carbonyl (C=O) groups excluding carboxylic acids is 1. The Kier molecular flexibility index (Phi) is 6.32. The van der Waals surface area contributed by atoms with Crippen molar-refractivity contribution in [2.45, 2.75) is 38.1 Å². The summed E-state index contributed by atoms with van der Waals surface area (Å²) in [6.07, 6.45) is 4.68. The number of anilines is 2. The van der Waals surface area contributed by atoms with Crippen molar-refractivity contribution in [3.63, 3.8) is 0 Å². The number of amides is 1.